The Hall–Kier alpha value is -2.99. The maximum atomic E-state index is 12.1. The van der Waals surface area contributed by atoms with Crippen LogP contribution in [0.2, 0.25) is 0 Å². The minimum absolute atomic E-state index is 0.0130. The number of nitrogens with one attached hydrogen (secondary N) is 2. The van der Waals surface area contributed by atoms with Gasteiger partial charge in [-0.1, -0.05) is 25.1 Å². The normalized spacial score (nSPS) is 15.4. The first-order chi connectivity index (χ1) is 14.6. The molecule has 0 unspecified atom stereocenters. The van der Waals surface area contributed by atoms with Crippen LogP contribution in [0.5, 0.6) is 0 Å². The Labute approximate surface area is 176 Å². The van der Waals surface area contributed by atoms with E-state index in [9.17, 15) is 9.59 Å². The second-order valence-corrected chi connectivity index (χ2v) is 8.01. The van der Waals surface area contributed by atoms with Gasteiger partial charge in [-0.05, 0) is 73.0 Å². The average molecular weight is 405 g/mol. The van der Waals surface area contributed by atoms with Gasteiger partial charge in [0.2, 0.25) is 0 Å². The van der Waals surface area contributed by atoms with Gasteiger partial charge in [-0.2, -0.15) is 0 Å². The maximum absolute atomic E-state index is 12.1. The van der Waals surface area contributed by atoms with E-state index in [1.165, 1.54) is 11.1 Å². The number of hydrogen-bond donors (Lipinski definition) is 2. The van der Waals surface area contributed by atoms with Crippen molar-refractivity contribution >= 4 is 16.8 Å². The number of rotatable bonds is 5. The summed E-state index contributed by atoms with van der Waals surface area (Å²) >= 11 is 0. The van der Waals surface area contributed by atoms with Gasteiger partial charge in [0, 0.05) is 30.9 Å². The predicted octanol–water partition coefficient (Wildman–Crippen LogP) is 3.22. The minimum Gasteiger partial charge on any atom is -0.354 e. The van der Waals surface area contributed by atoms with Gasteiger partial charge >= 0.3 is 0 Å². The Morgan fingerprint density at radius 2 is 2.00 bits per heavy atom. The number of fused-ring (bicyclic) bond motifs is 1. The topological polar surface area (TPSA) is 78.1 Å². The number of aryl methyl sites for hydroxylation is 1. The van der Waals surface area contributed by atoms with Gasteiger partial charge in [0.15, 0.2) is 0 Å². The van der Waals surface area contributed by atoms with E-state index >= 15 is 0 Å². The molecule has 4 rings (SSSR count). The summed E-state index contributed by atoms with van der Waals surface area (Å²) in [6.45, 7) is 4.92. The molecule has 6 heteroatoms. The molecule has 1 amide bonds. The van der Waals surface area contributed by atoms with Crippen molar-refractivity contribution in [2.75, 3.05) is 20.1 Å². The predicted molar refractivity (Wildman–Crippen MR) is 119 cm³/mol. The van der Waals surface area contributed by atoms with Gasteiger partial charge in [0.25, 0.3) is 11.5 Å². The summed E-state index contributed by atoms with van der Waals surface area (Å²) in [5.41, 5.74) is 4.63. The molecule has 2 N–H and O–H groups in total. The molecule has 0 saturated carbocycles. The molecule has 2 aromatic heterocycles. The Morgan fingerprint density at radius 1 is 1.20 bits per heavy atom. The number of hydrogen-bond acceptors (Lipinski definition) is 4. The number of benzene rings is 1. The molecular formula is C24H28N4O2. The van der Waals surface area contributed by atoms with Crippen molar-refractivity contribution in [3.8, 4) is 0 Å². The van der Waals surface area contributed by atoms with Crippen molar-refractivity contribution in [2.45, 2.75) is 38.6 Å². The van der Waals surface area contributed by atoms with Gasteiger partial charge in [-0.3, -0.25) is 19.5 Å². The Kier molecular flexibility index (Phi) is 5.95. The van der Waals surface area contributed by atoms with E-state index in [1.807, 2.05) is 25.3 Å². The van der Waals surface area contributed by atoms with Crippen LogP contribution in [0.1, 0.15) is 52.9 Å². The monoisotopic (exact) mass is 404 g/mol. The summed E-state index contributed by atoms with van der Waals surface area (Å²) in [6, 6.07) is 12.2. The van der Waals surface area contributed by atoms with Crippen LogP contribution in [0, 0.1) is 0 Å². The van der Waals surface area contributed by atoms with E-state index in [2.05, 4.69) is 38.4 Å². The third-order valence-electron chi connectivity index (χ3n) is 6.08. The zero-order valence-corrected chi connectivity index (χ0v) is 17.6. The van der Waals surface area contributed by atoms with Crippen molar-refractivity contribution in [1.29, 1.82) is 0 Å². The van der Waals surface area contributed by atoms with E-state index < -0.39 is 0 Å². The summed E-state index contributed by atoms with van der Waals surface area (Å²) < 4.78 is 0. The fourth-order valence-corrected chi connectivity index (χ4v) is 4.25. The molecule has 0 radical (unpaired) electrons. The van der Waals surface area contributed by atoms with Crippen LogP contribution in [-0.4, -0.2) is 40.9 Å². The Morgan fingerprint density at radius 3 is 2.67 bits per heavy atom. The number of piperidine rings is 1. The van der Waals surface area contributed by atoms with Gasteiger partial charge < -0.3 is 10.3 Å². The van der Waals surface area contributed by atoms with E-state index in [-0.39, 0.29) is 11.5 Å². The highest BCUT2D eigenvalue weighted by Gasteiger charge is 2.21. The molecule has 6 nitrogen and oxygen atoms in total. The minimum atomic E-state index is -0.154. The van der Waals surface area contributed by atoms with Gasteiger partial charge in [-0.25, -0.2) is 0 Å². The lowest BCUT2D eigenvalue weighted by Gasteiger charge is -2.32. The molecule has 30 heavy (non-hydrogen) atoms. The highest BCUT2D eigenvalue weighted by atomic mass is 16.1. The summed E-state index contributed by atoms with van der Waals surface area (Å²) in [5.74, 6) is 0.326. The third-order valence-corrected chi connectivity index (χ3v) is 6.08. The number of carbonyl (C=O) groups is 1. The van der Waals surface area contributed by atoms with Crippen LogP contribution in [0.25, 0.3) is 10.9 Å². The number of carbonyl (C=O) groups excluding carboxylic acids is 1. The molecule has 1 fully saturated rings. The number of nitrogens with zero attached hydrogens (tertiary/aromatic N) is 2. The molecule has 156 valence electrons. The van der Waals surface area contributed by atoms with Crippen LogP contribution in [0.3, 0.4) is 0 Å². The molecular weight excluding hydrogens is 376 g/mol. The number of aromatic amines is 1. The first-order valence-corrected chi connectivity index (χ1v) is 10.6. The number of H-pyrrole nitrogens is 1. The third kappa shape index (κ3) is 4.28. The summed E-state index contributed by atoms with van der Waals surface area (Å²) in [6.07, 6.45) is 4.73. The first kappa shape index (κ1) is 20.3. The van der Waals surface area contributed by atoms with Gasteiger partial charge in [0.1, 0.15) is 5.69 Å². The maximum Gasteiger partial charge on any atom is 0.269 e. The van der Waals surface area contributed by atoms with Gasteiger partial charge in [-0.15, -0.1) is 0 Å². The zero-order chi connectivity index (χ0) is 21.1. The van der Waals surface area contributed by atoms with E-state index in [1.54, 1.807) is 13.1 Å². The molecule has 1 aromatic carbocycles. The van der Waals surface area contributed by atoms with Crippen molar-refractivity contribution in [3.63, 3.8) is 0 Å². The fraction of sp³-hybridized carbons (Fsp3) is 0.375. The molecule has 0 spiro atoms. The largest absolute Gasteiger partial charge is 0.354 e. The van der Waals surface area contributed by atoms with Crippen molar-refractivity contribution in [1.82, 2.24) is 20.2 Å². The highest BCUT2D eigenvalue weighted by molar-refractivity contribution is 5.91. The SMILES string of the molecule is CCc1cc2ccc(CN3CCC(c4ccc(C(=O)NC)nc4)CC3)cc2[nH]c1=O. The van der Waals surface area contributed by atoms with Gasteiger partial charge in [0.05, 0.1) is 0 Å². The van der Waals surface area contributed by atoms with Crippen LogP contribution in [0.15, 0.2) is 47.4 Å². The molecule has 0 atom stereocenters. The quantitative estimate of drug-likeness (QED) is 0.684. The number of aromatic nitrogens is 2. The number of likely N-dealkylation sites (tertiary alicyclic amines) is 1. The smallest absolute Gasteiger partial charge is 0.269 e. The second-order valence-electron chi connectivity index (χ2n) is 8.01. The molecule has 3 heterocycles. The molecule has 1 aliphatic rings. The lowest BCUT2D eigenvalue weighted by Crippen LogP contribution is -2.32. The summed E-state index contributed by atoms with van der Waals surface area (Å²) in [7, 11) is 1.61. The van der Waals surface area contributed by atoms with E-state index in [0.717, 1.165) is 55.4 Å². The van der Waals surface area contributed by atoms with E-state index in [0.29, 0.717) is 11.6 Å². The molecule has 0 aliphatic carbocycles. The van der Waals surface area contributed by atoms with Crippen molar-refractivity contribution < 1.29 is 4.79 Å². The molecule has 0 bridgehead atoms. The number of pyridine rings is 2. The van der Waals surface area contributed by atoms with Crippen LogP contribution in [-0.2, 0) is 13.0 Å². The molecule has 3 aromatic rings. The van der Waals surface area contributed by atoms with E-state index in [4.69, 9.17) is 0 Å². The lowest BCUT2D eigenvalue weighted by atomic mass is 9.90. The second kappa shape index (κ2) is 8.79. The zero-order valence-electron chi connectivity index (χ0n) is 17.6. The Balaban J connectivity index is 1.38. The summed E-state index contributed by atoms with van der Waals surface area (Å²) in [5, 5.41) is 3.69. The van der Waals surface area contributed by atoms with Crippen molar-refractivity contribution in [3.05, 3.63) is 75.3 Å². The highest BCUT2D eigenvalue weighted by Crippen LogP contribution is 2.28. The number of amides is 1. The Bertz CT molecular complexity index is 1100. The van der Waals surface area contributed by atoms with Crippen LogP contribution >= 0.6 is 0 Å². The van der Waals surface area contributed by atoms with Crippen molar-refractivity contribution in [2.24, 2.45) is 0 Å². The standard InChI is InChI=1S/C24H28N4O2/c1-3-17-13-19-5-4-16(12-22(19)27-23(17)29)15-28-10-8-18(9-11-28)20-6-7-21(26-14-20)24(30)25-2/h4-7,12-14,18H,3,8-11,15H2,1-2H3,(H,25,30)(H,27,29). The molecule has 1 aliphatic heterocycles. The fourth-order valence-electron chi connectivity index (χ4n) is 4.25. The molecule has 1 saturated heterocycles. The lowest BCUT2D eigenvalue weighted by molar-refractivity contribution is 0.0958. The summed E-state index contributed by atoms with van der Waals surface area (Å²) in [4.78, 5) is 33.6. The van der Waals surface area contributed by atoms with Crippen LogP contribution < -0.4 is 10.9 Å². The van der Waals surface area contributed by atoms with Crippen LogP contribution in [0.4, 0.5) is 0 Å². The first-order valence-electron chi connectivity index (χ1n) is 10.6. The average Bonchev–Trinajstić information content (AvgIpc) is 2.78.